The highest BCUT2D eigenvalue weighted by Crippen LogP contribution is 2.23. The highest BCUT2D eigenvalue weighted by atomic mass is 16.1. The van der Waals surface area contributed by atoms with Gasteiger partial charge in [-0.15, -0.1) is 0 Å². The van der Waals surface area contributed by atoms with Gasteiger partial charge in [0.15, 0.2) is 0 Å². The molecule has 0 unspecified atom stereocenters. The molecule has 1 heterocycles. The predicted octanol–water partition coefficient (Wildman–Crippen LogP) is 5.79. The molecule has 174 valence electrons. The Hall–Kier alpha value is -2.17. The Labute approximate surface area is 195 Å². The number of hydrogen-bond acceptors (Lipinski definition) is 3. The fourth-order valence-electron chi connectivity index (χ4n) is 4.17. The third-order valence-corrected chi connectivity index (χ3v) is 6.31. The summed E-state index contributed by atoms with van der Waals surface area (Å²) in [6.07, 6.45) is 2.49. The van der Waals surface area contributed by atoms with Crippen LogP contribution < -0.4 is 5.32 Å². The average Bonchev–Trinajstić information content (AvgIpc) is 2.97. The lowest BCUT2D eigenvalue weighted by Gasteiger charge is -2.22. The summed E-state index contributed by atoms with van der Waals surface area (Å²) < 4.78 is 0. The van der Waals surface area contributed by atoms with Gasteiger partial charge < -0.3 is 10.2 Å². The van der Waals surface area contributed by atoms with Crippen molar-refractivity contribution in [3.63, 3.8) is 0 Å². The van der Waals surface area contributed by atoms with E-state index < -0.39 is 0 Å². The van der Waals surface area contributed by atoms with Crippen molar-refractivity contribution in [1.29, 1.82) is 0 Å². The summed E-state index contributed by atoms with van der Waals surface area (Å²) in [5, 5.41) is 3.05. The minimum Gasteiger partial charge on any atom is -0.322 e. The number of carbonyl (C=O) groups excluding carboxylic acids is 1. The minimum atomic E-state index is -0.0499. The first kappa shape index (κ1) is 24.5. The first-order valence-electron chi connectivity index (χ1n) is 12.2. The molecule has 1 amide bonds. The van der Waals surface area contributed by atoms with Gasteiger partial charge in [0.05, 0.1) is 0 Å². The zero-order valence-corrected chi connectivity index (χ0v) is 20.7. The molecule has 3 rings (SSSR count). The molecule has 1 saturated heterocycles. The molecule has 0 bridgehead atoms. The van der Waals surface area contributed by atoms with Gasteiger partial charge in [0.25, 0.3) is 5.91 Å². The van der Waals surface area contributed by atoms with Gasteiger partial charge in [-0.25, -0.2) is 0 Å². The van der Waals surface area contributed by atoms with E-state index in [9.17, 15) is 4.79 Å². The van der Waals surface area contributed by atoms with E-state index in [1.807, 2.05) is 30.3 Å². The van der Waals surface area contributed by atoms with E-state index in [4.69, 9.17) is 0 Å². The van der Waals surface area contributed by atoms with Gasteiger partial charge in [0, 0.05) is 30.9 Å². The van der Waals surface area contributed by atoms with Gasteiger partial charge in [-0.3, -0.25) is 9.69 Å². The topological polar surface area (TPSA) is 35.6 Å². The van der Waals surface area contributed by atoms with Gasteiger partial charge in [-0.05, 0) is 79.2 Å². The summed E-state index contributed by atoms with van der Waals surface area (Å²) in [5.74, 6) is 0.714. The molecule has 32 heavy (non-hydrogen) atoms. The zero-order chi connectivity index (χ0) is 23.1. The van der Waals surface area contributed by atoms with E-state index >= 15 is 0 Å². The molecule has 0 aromatic heterocycles. The maximum atomic E-state index is 12.8. The number of anilines is 1. The number of carbonyl (C=O) groups is 1. The van der Waals surface area contributed by atoms with Crippen molar-refractivity contribution in [2.75, 3.05) is 38.0 Å². The van der Waals surface area contributed by atoms with Crippen LogP contribution in [0.15, 0.2) is 48.5 Å². The van der Waals surface area contributed by atoms with Crippen LogP contribution in [0, 0.1) is 5.92 Å². The van der Waals surface area contributed by atoms with Crippen molar-refractivity contribution in [3.8, 4) is 0 Å². The van der Waals surface area contributed by atoms with E-state index in [-0.39, 0.29) is 11.3 Å². The standard InChI is InChI=1S/C28H41N3O/c1-22(2)14-17-30-15-7-16-31(19-18-30)21-23-8-6-9-24(20-23)27(32)29-26-12-10-25(11-13-26)28(3,4)5/h6,8-13,20,22H,7,14-19,21H2,1-5H3,(H,29,32). The lowest BCUT2D eigenvalue weighted by molar-refractivity contribution is 0.102. The Morgan fingerprint density at radius 3 is 2.34 bits per heavy atom. The van der Waals surface area contributed by atoms with E-state index in [1.54, 1.807) is 0 Å². The number of nitrogens with one attached hydrogen (secondary N) is 1. The number of amides is 1. The summed E-state index contributed by atoms with van der Waals surface area (Å²) in [5.41, 5.74) is 4.13. The maximum Gasteiger partial charge on any atom is 0.255 e. The second-order valence-corrected chi connectivity index (χ2v) is 10.6. The Morgan fingerprint density at radius 1 is 0.969 bits per heavy atom. The maximum absolute atomic E-state index is 12.8. The Balaban J connectivity index is 1.56. The molecule has 0 spiro atoms. The average molecular weight is 436 g/mol. The summed E-state index contributed by atoms with van der Waals surface area (Å²) in [6.45, 7) is 17.8. The molecule has 1 aliphatic rings. The van der Waals surface area contributed by atoms with Gasteiger partial charge in [0.1, 0.15) is 0 Å². The molecule has 2 aromatic rings. The number of rotatable bonds is 7. The van der Waals surface area contributed by atoms with Crippen molar-refractivity contribution in [1.82, 2.24) is 9.80 Å². The number of hydrogen-bond donors (Lipinski definition) is 1. The summed E-state index contributed by atoms with van der Waals surface area (Å²) in [4.78, 5) is 18.0. The van der Waals surface area contributed by atoms with Gasteiger partial charge in [-0.2, -0.15) is 0 Å². The second kappa shape index (κ2) is 11.1. The molecule has 1 aliphatic heterocycles. The first-order valence-corrected chi connectivity index (χ1v) is 12.2. The lowest BCUT2D eigenvalue weighted by Crippen LogP contribution is -2.31. The molecule has 1 fully saturated rings. The third kappa shape index (κ3) is 7.46. The molecule has 0 radical (unpaired) electrons. The van der Waals surface area contributed by atoms with E-state index in [0.29, 0.717) is 0 Å². The largest absolute Gasteiger partial charge is 0.322 e. The van der Waals surface area contributed by atoms with E-state index in [2.05, 4.69) is 67.9 Å². The minimum absolute atomic E-state index is 0.0499. The zero-order valence-electron chi connectivity index (χ0n) is 20.7. The van der Waals surface area contributed by atoms with Crippen LogP contribution in [0.2, 0.25) is 0 Å². The smallest absolute Gasteiger partial charge is 0.255 e. The highest BCUT2D eigenvalue weighted by molar-refractivity contribution is 6.04. The van der Waals surface area contributed by atoms with Crippen molar-refractivity contribution in [2.24, 2.45) is 5.92 Å². The molecule has 2 aromatic carbocycles. The Kier molecular flexibility index (Phi) is 8.50. The fraction of sp³-hybridized carbons (Fsp3) is 0.536. The number of nitrogens with zero attached hydrogens (tertiary/aromatic N) is 2. The first-order chi connectivity index (χ1) is 15.2. The van der Waals surface area contributed by atoms with Crippen LogP contribution in [-0.2, 0) is 12.0 Å². The molecule has 0 atom stereocenters. The quantitative estimate of drug-likeness (QED) is 0.598. The normalized spacial score (nSPS) is 16.2. The third-order valence-electron chi connectivity index (χ3n) is 6.31. The van der Waals surface area contributed by atoms with Crippen LogP contribution in [-0.4, -0.2) is 48.4 Å². The van der Waals surface area contributed by atoms with Crippen LogP contribution in [0.3, 0.4) is 0 Å². The SMILES string of the molecule is CC(C)CCN1CCCN(Cc2cccc(C(=O)Nc3ccc(C(C)(C)C)cc3)c2)CC1. The molecule has 1 N–H and O–H groups in total. The van der Waals surface area contributed by atoms with Crippen molar-refractivity contribution < 1.29 is 4.79 Å². The summed E-state index contributed by atoms with van der Waals surface area (Å²) >= 11 is 0. The van der Waals surface area contributed by atoms with Gasteiger partial charge in [-0.1, -0.05) is 58.9 Å². The monoisotopic (exact) mass is 435 g/mol. The molecule has 0 aliphatic carbocycles. The Bertz CT molecular complexity index is 867. The summed E-state index contributed by atoms with van der Waals surface area (Å²) in [7, 11) is 0. The number of benzene rings is 2. The molecule has 4 nitrogen and oxygen atoms in total. The molecular weight excluding hydrogens is 394 g/mol. The van der Waals surface area contributed by atoms with Crippen molar-refractivity contribution in [3.05, 3.63) is 65.2 Å². The lowest BCUT2D eigenvalue weighted by atomic mass is 9.87. The Morgan fingerprint density at radius 2 is 1.66 bits per heavy atom. The van der Waals surface area contributed by atoms with E-state index in [1.165, 1.54) is 37.1 Å². The van der Waals surface area contributed by atoms with Crippen molar-refractivity contribution in [2.45, 2.75) is 59.4 Å². The van der Waals surface area contributed by atoms with Gasteiger partial charge >= 0.3 is 0 Å². The van der Waals surface area contributed by atoms with Crippen LogP contribution in [0.4, 0.5) is 5.69 Å². The van der Waals surface area contributed by atoms with Gasteiger partial charge in [0.2, 0.25) is 0 Å². The second-order valence-electron chi connectivity index (χ2n) is 10.6. The van der Waals surface area contributed by atoms with E-state index in [0.717, 1.165) is 43.3 Å². The van der Waals surface area contributed by atoms with Crippen LogP contribution in [0.25, 0.3) is 0 Å². The molecule has 0 saturated carbocycles. The molecular formula is C28H41N3O. The van der Waals surface area contributed by atoms with Crippen LogP contribution >= 0.6 is 0 Å². The van der Waals surface area contributed by atoms with Crippen LogP contribution in [0.5, 0.6) is 0 Å². The van der Waals surface area contributed by atoms with Crippen LogP contribution in [0.1, 0.15) is 68.9 Å². The predicted molar refractivity (Wildman–Crippen MR) is 135 cm³/mol. The molecule has 4 heteroatoms. The summed E-state index contributed by atoms with van der Waals surface area (Å²) in [6, 6.07) is 16.2. The fourth-order valence-corrected chi connectivity index (χ4v) is 4.17. The van der Waals surface area contributed by atoms with Crippen molar-refractivity contribution >= 4 is 11.6 Å². The highest BCUT2D eigenvalue weighted by Gasteiger charge is 2.16.